The van der Waals surface area contributed by atoms with Crippen LogP contribution in [0.25, 0.3) is 11.0 Å². The highest BCUT2D eigenvalue weighted by Crippen LogP contribution is 2.49. The molecule has 0 radical (unpaired) electrons. The summed E-state index contributed by atoms with van der Waals surface area (Å²) in [5, 5.41) is 4.18. The number of nitrogens with zero attached hydrogens (tertiary/aromatic N) is 3. The molecular formula is C41H52F4N6O9S. The van der Waals surface area contributed by atoms with E-state index >= 15 is 8.78 Å². The van der Waals surface area contributed by atoms with Crippen LogP contribution >= 0.6 is 0 Å². The molecule has 2 aliphatic heterocycles. The molecule has 7 rings (SSSR count). The summed E-state index contributed by atoms with van der Waals surface area (Å²) >= 11 is 0. The van der Waals surface area contributed by atoms with Gasteiger partial charge < -0.3 is 29.7 Å². The van der Waals surface area contributed by atoms with E-state index in [1.54, 1.807) is 26.8 Å². The normalized spacial score (nSPS) is 30.8. The van der Waals surface area contributed by atoms with E-state index in [-0.39, 0.29) is 36.2 Å². The van der Waals surface area contributed by atoms with Crippen LogP contribution in [0.1, 0.15) is 91.2 Å². The Morgan fingerprint density at radius 2 is 1.74 bits per heavy atom. The second-order valence-corrected chi connectivity index (χ2v) is 20.0. The standard InChI is InChI=1S/C41H52F4N6O9S/c1-21-29-20-51(30(21)34(52)49-40(19-25(40)33(42)43)37(54)50-61(56,57)24-14-15-24)36(53)32(39(2,3)4)48-38(55)60-28-12-7-6-10-22(28)11-8-9-17-41(44,45)31-35(59-29)47-27-18-23(58-5)13-16-26(27)46-31/h6-7,13,16,18,21-22,24-25,28-30,32-33H,8-12,14-15,17,19-20H2,1-5H3,(H,48,55)(H,49,52)(H,50,54)/t21-,22+,25+,28-,29+,30+,32-,40-/m1/s1. The smallest absolute Gasteiger partial charge is 0.408 e. The molecule has 20 heteroatoms. The molecule has 8 atom stereocenters. The highest BCUT2D eigenvalue weighted by atomic mass is 32.2. The second-order valence-electron chi connectivity index (χ2n) is 18.0. The second kappa shape index (κ2) is 16.5. The number of hydrogen-bond acceptors (Lipinski definition) is 11. The topological polar surface area (TPSA) is 195 Å². The van der Waals surface area contributed by atoms with Crippen molar-refractivity contribution in [3.8, 4) is 11.6 Å². The number of amides is 4. The fraction of sp³-hybridized carbons (Fsp3) is 0.659. The number of halogens is 4. The number of aromatic nitrogens is 2. The van der Waals surface area contributed by atoms with E-state index in [9.17, 15) is 36.4 Å². The van der Waals surface area contributed by atoms with Crippen LogP contribution in [0, 0.1) is 23.2 Å². The van der Waals surface area contributed by atoms with Gasteiger partial charge in [0.2, 0.25) is 34.1 Å². The van der Waals surface area contributed by atoms with Crippen LogP contribution in [0.15, 0.2) is 30.4 Å². The quantitative estimate of drug-likeness (QED) is 0.247. The molecule has 334 valence electrons. The Balaban J connectivity index is 1.30. The fourth-order valence-electron chi connectivity index (χ4n) is 8.62. The van der Waals surface area contributed by atoms with Gasteiger partial charge in [-0.3, -0.25) is 19.1 Å². The number of ether oxygens (including phenoxy) is 3. The first kappa shape index (κ1) is 44.3. The Hall–Kier alpha value is -4.75. The van der Waals surface area contributed by atoms with E-state index in [2.05, 4.69) is 20.6 Å². The Morgan fingerprint density at radius 1 is 1.02 bits per heavy atom. The lowest BCUT2D eigenvalue weighted by atomic mass is 9.85. The van der Waals surface area contributed by atoms with Gasteiger partial charge in [-0.1, -0.05) is 46.3 Å². The van der Waals surface area contributed by atoms with Crippen molar-refractivity contribution in [3.05, 3.63) is 36.0 Å². The molecule has 61 heavy (non-hydrogen) atoms. The van der Waals surface area contributed by atoms with E-state index in [4.69, 9.17) is 14.2 Å². The first-order valence-corrected chi connectivity index (χ1v) is 22.2. The maximum atomic E-state index is 16.5. The van der Waals surface area contributed by atoms with E-state index in [1.165, 1.54) is 26.2 Å². The van der Waals surface area contributed by atoms with Gasteiger partial charge in [0.05, 0.1) is 35.9 Å². The lowest BCUT2D eigenvalue weighted by molar-refractivity contribution is -0.143. The summed E-state index contributed by atoms with van der Waals surface area (Å²) in [5.41, 5.74) is -3.87. The molecule has 1 saturated heterocycles. The van der Waals surface area contributed by atoms with Crippen LogP contribution in [0.2, 0.25) is 0 Å². The van der Waals surface area contributed by atoms with Crippen molar-refractivity contribution in [1.29, 1.82) is 0 Å². The van der Waals surface area contributed by atoms with Crippen LogP contribution in [0.3, 0.4) is 0 Å². The molecule has 3 fully saturated rings. The van der Waals surface area contributed by atoms with E-state index in [0.29, 0.717) is 31.4 Å². The summed E-state index contributed by atoms with van der Waals surface area (Å²) in [6, 6.07) is 1.53. The van der Waals surface area contributed by atoms with Gasteiger partial charge >= 0.3 is 6.09 Å². The molecule has 15 nitrogen and oxygen atoms in total. The SMILES string of the molecule is COc1ccc2nc3c(nc2c1)O[C@H]1CN(C(=O)[C@H](C(C)(C)C)NC(=O)O[C@@H]2CC=CC[C@H]2CCCCC3(F)F)[C@H](C(=O)N[C@]2(C(=O)NS(=O)(=O)C3CC3)C[C@H]2C(F)F)[C@@H]1C. The van der Waals surface area contributed by atoms with Crippen molar-refractivity contribution in [2.45, 2.75) is 133 Å². The van der Waals surface area contributed by atoms with E-state index < -0.39 is 129 Å². The van der Waals surface area contributed by atoms with Crippen LogP contribution in [0.4, 0.5) is 22.4 Å². The lowest BCUT2D eigenvalue weighted by Crippen LogP contribution is -2.61. The number of carbonyl (C=O) groups is 4. The fourth-order valence-corrected chi connectivity index (χ4v) is 9.98. The predicted octanol–water partition coefficient (Wildman–Crippen LogP) is 5.12. The van der Waals surface area contributed by atoms with Crippen molar-refractivity contribution in [2.75, 3.05) is 13.7 Å². The highest BCUT2D eigenvalue weighted by molar-refractivity contribution is 7.91. The molecule has 0 spiro atoms. The van der Waals surface area contributed by atoms with Crippen LogP contribution in [-0.4, -0.2) is 102 Å². The molecular weight excluding hydrogens is 829 g/mol. The third kappa shape index (κ3) is 9.09. The van der Waals surface area contributed by atoms with Gasteiger partial charge in [-0.25, -0.2) is 32.0 Å². The maximum absolute atomic E-state index is 16.5. The molecule has 1 aromatic heterocycles. The van der Waals surface area contributed by atoms with Crippen LogP contribution in [0.5, 0.6) is 11.6 Å². The monoisotopic (exact) mass is 880 g/mol. The minimum atomic E-state index is -4.22. The van der Waals surface area contributed by atoms with Gasteiger partial charge in [-0.05, 0) is 62.0 Å². The van der Waals surface area contributed by atoms with Crippen molar-refractivity contribution in [2.24, 2.45) is 23.2 Å². The Kier molecular flexibility index (Phi) is 12.0. The first-order chi connectivity index (χ1) is 28.6. The average molecular weight is 881 g/mol. The lowest BCUT2D eigenvalue weighted by Gasteiger charge is -2.36. The van der Waals surface area contributed by atoms with Gasteiger partial charge in [-0.15, -0.1) is 0 Å². The van der Waals surface area contributed by atoms with Crippen molar-refractivity contribution in [1.82, 2.24) is 30.2 Å². The number of nitrogens with one attached hydrogen (secondary N) is 3. The maximum Gasteiger partial charge on any atom is 0.408 e. The number of alkyl halides is 4. The molecule has 0 unspecified atom stereocenters. The molecule has 3 heterocycles. The number of alkyl carbamates (subject to hydrolysis) is 1. The summed E-state index contributed by atoms with van der Waals surface area (Å²) in [7, 11) is -2.80. The number of carbonyl (C=O) groups excluding carboxylic acids is 4. The van der Waals surface area contributed by atoms with Gasteiger partial charge in [0.1, 0.15) is 35.6 Å². The molecule has 1 aromatic carbocycles. The predicted molar refractivity (Wildman–Crippen MR) is 211 cm³/mol. The molecule has 4 amide bonds. The zero-order valence-electron chi connectivity index (χ0n) is 34.6. The van der Waals surface area contributed by atoms with Crippen LogP contribution in [-0.2, 0) is 35.1 Å². The summed E-state index contributed by atoms with van der Waals surface area (Å²) < 4.78 is 106. The molecule has 5 aliphatic rings. The zero-order chi connectivity index (χ0) is 44.2. The zero-order valence-corrected chi connectivity index (χ0v) is 35.4. The average Bonchev–Trinajstić information content (AvgIpc) is 4.12. The third-order valence-electron chi connectivity index (χ3n) is 12.5. The van der Waals surface area contributed by atoms with E-state index in [0.717, 1.165) is 4.90 Å². The van der Waals surface area contributed by atoms with Gasteiger partial charge in [0.15, 0.2) is 5.69 Å². The van der Waals surface area contributed by atoms with Gasteiger partial charge in [-0.2, -0.15) is 8.78 Å². The van der Waals surface area contributed by atoms with Gasteiger partial charge in [0.25, 0.3) is 11.8 Å². The van der Waals surface area contributed by atoms with Crippen molar-refractivity contribution < 1.29 is 59.4 Å². The van der Waals surface area contributed by atoms with Crippen molar-refractivity contribution >= 4 is 44.9 Å². The number of rotatable bonds is 7. The Bertz CT molecular complexity index is 2200. The van der Waals surface area contributed by atoms with Crippen molar-refractivity contribution in [3.63, 3.8) is 0 Å². The largest absolute Gasteiger partial charge is 0.497 e. The minimum Gasteiger partial charge on any atom is -0.497 e. The van der Waals surface area contributed by atoms with Crippen LogP contribution < -0.4 is 24.8 Å². The Morgan fingerprint density at radius 3 is 2.39 bits per heavy atom. The number of methoxy groups -OCH3 is 1. The number of hydrogen-bond donors (Lipinski definition) is 3. The number of allylic oxidation sites excluding steroid dienone is 1. The number of fused-ring (bicyclic) bond motifs is 5. The summed E-state index contributed by atoms with van der Waals surface area (Å²) in [6.45, 7) is 6.03. The highest BCUT2D eigenvalue weighted by Gasteiger charge is 2.67. The molecule has 2 saturated carbocycles. The third-order valence-corrected chi connectivity index (χ3v) is 14.3. The van der Waals surface area contributed by atoms with Gasteiger partial charge in [0, 0.05) is 24.8 Å². The molecule has 2 aromatic rings. The first-order valence-electron chi connectivity index (χ1n) is 20.6. The summed E-state index contributed by atoms with van der Waals surface area (Å²) in [4.78, 5) is 66.4. The molecule has 3 N–H and O–H groups in total. The number of benzene rings is 1. The van der Waals surface area contributed by atoms with E-state index in [1.807, 2.05) is 16.9 Å². The number of sulfonamides is 1. The molecule has 2 bridgehead atoms. The summed E-state index contributed by atoms with van der Waals surface area (Å²) in [6.07, 6.45) is -1.00. The summed E-state index contributed by atoms with van der Waals surface area (Å²) in [5.74, 6) is -10.1. The Labute approximate surface area is 351 Å². The minimum absolute atomic E-state index is 0.0707. The molecule has 3 aliphatic carbocycles.